The van der Waals surface area contributed by atoms with E-state index in [2.05, 4.69) is 0 Å². The number of ketones is 1. The molecule has 0 heterocycles. The molecule has 0 saturated heterocycles. The number of thioether (sulfide) groups is 1. The lowest BCUT2D eigenvalue weighted by Crippen LogP contribution is -2.19. The van der Waals surface area contributed by atoms with Gasteiger partial charge >= 0.3 is 0 Å². The van der Waals surface area contributed by atoms with Crippen molar-refractivity contribution in [2.45, 2.75) is 32.5 Å². The van der Waals surface area contributed by atoms with Crippen LogP contribution in [0.25, 0.3) is 0 Å². The number of benzene rings is 1. The van der Waals surface area contributed by atoms with Gasteiger partial charge in [0.15, 0.2) is 10.9 Å². The van der Waals surface area contributed by atoms with Crippen LogP contribution in [0.5, 0.6) is 0 Å². The van der Waals surface area contributed by atoms with Gasteiger partial charge in [-0.25, -0.2) is 0 Å². The number of aliphatic hydroxyl groups excluding tert-OH is 2. The predicted octanol–water partition coefficient (Wildman–Crippen LogP) is 2.61. The van der Waals surface area contributed by atoms with E-state index in [1.807, 2.05) is 0 Å². The summed E-state index contributed by atoms with van der Waals surface area (Å²) in [4.78, 5) is 22.2. The van der Waals surface area contributed by atoms with Gasteiger partial charge in [0.2, 0.25) is 0 Å². The number of carbonyl (C=O) groups excluding carboxylic acids is 2. The van der Waals surface area contributed by atoms with Gasteiger partial charge in [-0.2, -0.15) is 0 Å². The molecule has 0 saturated carbocycles. The first kappa shape index (κ1) is 17.2. The van der Waals surface area contributed by atoms with Crippen molar-refractivity contribution < 1.29 is 19.8 Å². The Morgan fingerprint density at radius 1 is 1.30 bits per heavy atom. The van der Waals surface area contributed by atoms with Gasteiger partial charge in [-0.1, -0.05) is 29.4 Å². The first-order valence-corrected chi connectivity index (χ1v) is 7.49. The van der Waals surface area contributed by atoms with Gasteiger partial charge in [0.1, 0.15) is 6.10 Å². The summed E-state index contributed by atoms with van der Waals surface area (Å²) in [6.07, 6.45) is -1.83. The molecule has 0 aliphatic heterocycles. The number of aliphatic hydroxyl groups is 2. The minimum atomic E-state index is -1.11. The molecule has 2 N–H and O–H groups in total. The van der Waals surface area contributed by atoms with Crippen LogP contribution >= 0.6 is 23.4 Å². The summed E-state index contributed by atoms with van der Waals surface area (Å²) in [5.74, 6) is 0.228. The van der Waals surface area contributed by atoms with Crippen LogP contribution in [0.4, 0.5) is 0 Å². The third kappa shape index (κ3) is 4.90. The molecule has 0 amide bonds. The molecular formula is C14H17ClO4S. The van der Waals surface area contributed by atoms with E-state index >= 15 is 0 Å². The molecule has 0 radical (unpaired) electrons. The highest BCUT2D eigenvalue weighted by Crippen LogP contribution is 2.25. The molecule has 2 atom stereocenters. The zero-order valence-electron chi connectivity index (χ0n) is 11.3. The highest BCUT2D eigenvalue weighted by Gasteiger charge is 2.20. The van der Waals surface area contributed by atoms with Gasteiger partial charge in [0.25, 0.3) is 0 Å². The van der Waals surface area contributed by atoms with Crippen molar-refractivity contribution in [3.63, 3.8) is 0 Å². The summed E-state index contributed by atoms with van der Waals surface area (Å²) >= 11 is 6.99. The summed E-state index contributed by atoms with van der Waals surface area (Å²) in [7, 11) is 0. The molecule has 0 aliphatic carbocycles. The summed E-state index contributed by atoms with van der Waals surface area (Å²) < 4.78 is 0. The van der Waals surface area contributed by atoms with Gasteiger partial charge in [-0.15, -0.1) is 0 Å². The smallest absolute Gasteiger partial charge is 0.185 e. The van der Waals surface area contributed by atoms with Crippen molar-refractivity contribution in [1.29, 1.82) is 0 Å². The normalized spacial score (nSPS) is 13.8. The van der Waals surface area contributed by atoms with Gasteiger partial charge in [0.05, 0.1) is 11.1 Å². The molecule has 0 bridgehead atoms. The van der Waals surface area contributed by atoms with Gasteiger partial charge < -0.3 is 10.2 Å². The first-order valence-electron chi connectivity index (χ1n) is 6.12. The van der Waals surface area contributed by atoms with Crippen LogP contribution in [0.3, 0.4) is 0 Å². The second kappa shape index (κ2) is 7.78. The summed E-state index contributed by atoms with van der Waals surface area (Å²) in [6, 6.07) is 4.57. The van der Waals surface area contributed by atoms with Crippen LogP contribution < -0.4 is 0 Å². The molecule has 0 aliphatic rings. The maximum atomic E-state index is 11.4. The second-order valence-corrected chi connectivity index (χ2v) is 6.12. The van der Waals surface area contributed by atoms with Gasteiger partial charge in [-0.05, 0) is 31.0 Å². The number of Topliss-reactive ketones (excluding diaryl/α,β-unsaturated/α-hetero) is 1. The molecule has 2 unspecified atom stereocenters. The van der Waals surface area contributed by atoms with E-state index in [0.29, 0.717) is 21.9 Å². The zero-order valence-corrected chi connectivity index (χ0v) is 12.9. The van der Waals surface area contributed by atoms with Crippen molar-refractivity contribution in [2.75, 3.05) is 5.75 Å². The number of halogens is 1. The highest BCUT2D eigenvalue weighted by atomic mass is 35.5. The van der Waals surface area contributed by atoms with Crippen molar-refractivity contribution in [3.8, 4) is 0 Å². The first-order chi connectivity index (χ1) is 9.32. The Morgan fingerprint density at radius 2 is 1.95 bits per heavy atom. The average molecular weight is 317 g/mol. The largest absolute Gasteiger partial charge is 0.390 e. The number of hydrogen-bond donors (Lipinski definition) is 2. The number of hydrogen-bond acceptors (Lipinski definition) is 5. The van der Waals surface area contributed by atoms with Crippen molar-refractivity contribution in [3.05, 3.63) is 34.3 Å². The molecule has 0 aromatic heterocycles. The lowest BCUT2D eigenvalue weighted by Gasteiger charge is -2.18. The average Bonchev–Trinajstić information content (AvgIpc) is 2.37. The van der Waals surface area contributed by atoms with E-state index in [0.717, 1.165) is 11.8 Å². The van der Waals surface area contributed by atoms with Crippen molar-refractivity contribution in [2.24, 2.45) is 0 Å². The van der Waals surface area contributed by atoms with E-state index in [1.165, 1.54) is 26.0 Å². The van der Waals surface area contributed by atoms with Crippen LogP contribution in [0.1, 0.15) is 42.3 Å². The van der Waals surface area contributed by atoms with Crippen LogP contribution in [-0.2, 0) is 4.79 Å². The molecule has 110 valence electrons. The summed E-state index contributed by atoms with van der Waals surface area (Å²) in [6.45, 7) is 2.84. The Balaban J connectivity index is 2.76. The minimum absolute atomic E-state index is 0.0305. The molecule has 1 aromatic rings. The van der Waals surface area contributed by atoms with Gasteiger partial charge in [-0.3, -0.25) is 9.59 Å². The maximum Gasteiger partial charge on any atom is 0.185 e. The predicted molar refractivity (Wildman–Crippen MR) is 80.2 cm³/mol. The minimum Gasteiger partial charge on any atom is -0.390 e. The topological polar surface area (TPSA) is 74.6 Å². The Morgan fingerprint density at radius 3 is 2.50 bits per heavy atom. The lowest BCUT2D eigenvalue weighted by molar-refractivity contribution is -0.109. The Bertz CT molecular complexity index is 504. The maximum absolute atomic E-state index is 11.4. The molecule has 1 aromatic carbocycles. The fourth-order valence-corrected chi connectivity index (χ4v) is 2.60. The molecule has 20 heavy (non-hydrogen) atoms. The monoisotopic (exact) mass is 316 g/mol. The molecule has 0 fully saturated rings. The molecule has 1 rings (SSSR count). The highest BCUT2D eigenvalue weighted by molar-refractivity contribution is 8.13. The third-order valence-corrected chi connectivity index (χ3v) is 3.97. The van der Waals surface area contributed by atoms with Crippen LogP contribution in [0, 0.1) is 0 Å². The quantitative estimate of drug-likeness (QED) is 0.789. The van der Waals surface area contributed by atoms with Gasteiger partial charge in [0, 0.05) is 18.2 Å². The van der Waals surface area contributed by atoms with E-state index in [4.69, 9.17) is 11.6 Å². The molecule has 4 nitrogen and oxygen atoms in total. The standard InChI is InChI=1S/C14H17ClO4S/c1-8(16)11-7-10(3-4-12(11)15)14(19)13(18)5-6-20-9(2)17/h3-4,7,13-14,18-19H,5-6H2,1-2H3. The van der Waals surface area contributed by atoms with Crippen molar-refractivity contribution in [1.82, 2.24) is 0 Å². The summed E-state index contributed by atoms with van der Waals surface area (Å²) in [5.41, 5.74) is 0.744. The molecule has 0 spiro atoms. The fraction of sp³-hybridized carbons (Fsp3) is 0.429. The Labute approximate surface area is 127 Å². The van der Waals surface area contributed by atoms with Crippen LogP contribution in [0.2, 0.25) is 5.02 Å². The molecule has 6 heteroatoms. The fourth-order valence-electron chi connectivity index (χ4n) is 1.70. The number of carbonyl (C=O) groups is 2. The van der Waals surface area contributed by atoms with E-state index in [9.17, 15) is 19.8 Å². The van der Waals surface area contributed by atoms with Crippen LogP contribution in [0.15, 0.2) is 18.2 Å². The summed E-state index contributed by atoms with van der Waals surface area (Å²) in [5, 5.41) is 20.2. The van der Waals surface area contributed by atoms with Crippen molar-refractivity contribution >= 4 is 34.3 Å². The SMILES string of the molecule is CC(=O)SCCC(O)C(O)c1ccc(Cl)c(C(C)=O)c1. The van der Waals surface area contributed by atoms with E-state index in [-0.39, 0.29) is 17.3 Å². The van der Waals surface area contributed by atoms with E-state index < -0.39 is 12.2 Å². The third-order valence-electron chi connectivity index (χ3n) is 2.79. The van der Waals surface area contributed by atoms with E-state index in [1.54, 1.807) is 6.07 Å². The van der Waals surface area contributed by atoms with Crippen LogP contribution in [-0.4, -0.2) is 33.0 Å². The Kier molecular flexibility index (Phi) is 6.68. The second-order valence-electron chi connectivity index (χ2n) is 4.44. The lowest BCUT2D eigenvalue weighted by atomic mass is 9.99. The number of rotatable bonds is 6. The Hall–Kier alpha value is -0.880. The zero-order chi connectivity index (χ0) is 15.3. The molecular weight excluding hydrogens is 300 g/mol.